The number of benzene rings is 2. The van der Waals surface area contributed by atoms with Crippen LogP contribution in [0.15, 0.2) is 59.5 Å². The summed E-state index contributed by atoms with van der Waals surface area (Å²) in [4.78, 5) is 21.3. The topological polar surface area (TPSA) is 74.6 Å². The molecule has 1 amide bonds. The molecule has 9 heteroatoms. The normalized spacial score (nSPS) is 11.6. The molecule has 7 nitrogen and oxygen atoms in total. The number of carbonyl (C=O) groups excluding carboxylic acids is 1. The molecule has 178 valence electrons. The molecule has 2 aromatic carbocycles. The summed E-state index contributed by atoms with van der Waals surface area (Å²) in [6.07, 6.45) is 2.05. The maximum absolute atomic E-state index is 12.6. The van der Waals surface area contributed by atoms with E-state index in [4.69, 9.17) is 10.1 Å². The summed E-state index contributed by atoms with van der Waals surface area (Å²) in [6.45, 7) is 7.05. The van der Waals surface area contributed by atoms with Crippen LogP contribution in [0.4, 0.5) is 10.9 Å². The number of imidazole rings is 1. The van der Waals surface area contributed by atoms with Gasteiger partial charge in [-0.2, -0.15) is 4.52 Å². The van der Waals surface area contributed by atoms with Crippen molar-refractivity contribution < 1.29 is 4.79 Å². The highest BCUT2D eigenvalue weighted by atomic mass is 32.2. The van der Waals surface area contributed by atoms with Crippen LogP contribution < -0.4 is 15.5 Å². The number of rotatable bonds is 8. The zero-order chi connectivity index (χ0) is 24.3. The quantitative estimate of drug-likeness (QED) is 0.330. The second kappa shape index (κ2) is 10.1. The predicted octanol–water partition coefficient (Wildman–Crippen LogP) is 5.14. The van der Waals surface area contributed by atoms with Crippen molar-refractivity contribution in [2.24, 2.45) is 0 Å². The number of hydrogen-bond acceptors (Lipinski definition) is 7. The molecule has 0 spiro atoms. The smallest absolute Gasteiger partial charge is 0.239 e. The van der Waals surface area contributed by atoms with Gasteiger partial charge in [0.2, 0.25) is 16.0 Å². The molecule has 0 saturated heterocycles. The van der Waals surface area contributed by atoms with Crippen molar-refractivity contribution in [1.29, 1.82) is 0 Å². The Labute approximate surface area is 208 Å². The molecule has 0 radical (unpaired) electrons. The molecule has 34 heavy (non-hydrogen) atoms. The lowest BCUT2D eigenvalue weighted by Gasteiger charge is -2.22. The molecule has 0 atom stereocenters. The fourth-order valence-corrected chi connectivity index (χ4v) is 4.71. The van der Waals surface area contributed by atoms with E-state index in [9.17, 15) is 4.79 Å². The fourth-order valence-electron chi connectivity index (χ4n) is 3.44. The van der Waals surface area contributed by atoms with Gasteiger partial charge in [0.25, 0.3) is 0 Å². The van der Waals surface area contributed by atoms with E-state index in [0.29, 0.717) is 6.54 Å². The number of hydrogen-bond donors (Lipinski definition) is 2. The van der Waals surface area contributed by atoms with Crippen molar-refractivity contribution in [3.63, 3.8) is 0 Å². The van der Waals surface area contributed by atoms with Crippen LogP contribution in [0.2, 0.25) is 0 Å². The molecule has 2 heterocycles. The Kier molecular flexibility index (Phi) is 7.13. The van der Waals surface area contributed by atoms with Crippen LogP contribution in [0.5, 0.6) is 0 Å². The molecule has 4 rings (SSSR count). The third-order valence-electron chi connectivity index (χ3n) is 5.09. The lowest BCUT2D eigenvalue weighted by molar-refractivity contribution is -0.119. The molecular weight excluding hydrogens is 464 g/mol. The van der Waals surface area contributed by atoms with Gasteiger partial charge in [0, 0.05) is 29.6 Å². The summed E-state index contributed by atoms with van der Waals surface area (Å²) < 4.78 is 1.84. The molecule has 0 aliphatic heterocycles. The molecule has 2 N–H and O–H groups in total. The van der Waals surface area contributed by atoms with Crippen molar-refractivity contribution in [3.8, 4) is 11.3 Å². The van der Waals surface area contributed by atoms with Crippen LogP contribution in [-0.4, -0.2) is 45.9 Å². The van der Waals surface area contributed by atoms with Crippen molar-refractivity contribution in [2.45, 2.75) is 37.8 Å². The SMILES string of the molecule is CSc1ccc(CNC(=O)CN(C)c2nn3c(NC(C)(C)C)c(-c4ccccc4)nc3s2)cc1. The van der Waals surface area contributed by atoms with Crippen molar-refractivity contribution in [3.05, 3.63) is 60.2 Å². The molecule has 0 aliphatic rings. The number of thioether (sulfide) groups is 1. The summed E-state index contributed by atoms with van der Waals surface area (Å²) in [5.74, 6) is 0.796. The van der Waals surface area contributed by atoms with Crippen LogP contribution in [-0.2, 0) is 11.3 Å². The monoisotopic (exact) mass is 494 g/mol. The third kappa shape index (κ3) is 5.71. The minimum atomic E-state index is -0.164. The first-order valence-corrected chi connectivity index (χ1v) is 13.1. The number of amides is 1. The van der Waals surface area contributed by atoms with Gasteiger partial charge in [-0.05, 0) is 44.7 Å². The van der Waals surface area contributed by atoms with E-state index in [2.05, 4.69) is 43.5 Å². The summed E-state index contributed by atoms with van der Waals surface area (Å²) in [5, 5.41) is 12.1. The number of nitrogens with zero attached hydrogens (tertiary/aromatic N) is 4. The summed E-state index contributed by atoms with van der Waals surface area (Å²) in [5.41, 5.74) is 2.82. The summed E-state index contributed by atoms with van der Waals surface area (Å²) in [7, 11) is 1.88. The molecule has 0 saturated carbocycles. The predicted molar refractivity (Wildman–Crippen MR) is 143 cm³/mol. The van der Waals surface area contributed by atoms with E-state index in [-0.39, 0.29) is 18.0 Å². The standard InChI is InChI=1S/C25H30N6OS2/c1-25(2,3)28-22-21(18-9-7-6-8-10-18)27-23-31(22)29-24(34-23)30(4)16-20(32)26-15-17-11-13-19(33-5)14-12-17/h6-14,28H,15-16H2,1-5H3,(H,26,32). The number of anilines is 2. The van der Waals surface area contributed by atoms with Crippen LogP contribution in [0.25, 0.3) is 16.2 Å². The van der Waals surface area contributed by atoms with E-state index < -0.39 is 0 Å². The lowest BCUT2D eigenvalue weighted by atomic mass is 10.1. The number of nitrogens with one attached hydrogen (secondary N) is 2. The highest BCUT2D eigenvalue weighted by Gasteiger charge is 2.23. The average molecular weight is 495 g/mol. The molecule has 0 bridgehead atoms. The second-order valence-corrected chi connectivity index (χ2v) is 10.9. The van der Waals surface area contributed by atoms with E-state index in [1.54, 1.807) is 11.8 Å². The lowest BCUT2D eigenvalue weighted by Crippen LogP contribution is -2.34. The third-order valence-corrected chi connectivity index (χ3v) is 6.86. The van der Waals surface area contributed by atoms with Gasteiger partial charge >= 0.3 is 0 Å². The zero-order valence-corrected chi connectivity index (χ0v) is 21.8. The van der Waals surface area contributed by atoms with Gasteiger partial charge in [0.1, 0.15) is 5.69 Å². The van der Waals surface area contributed by atoms with E-state index >= 15 is 0 Å². The molecule has 0 fully saturated rings. The van der Waals surface area contributed by atoms with Crippen LogP contribution in [0.3, 0.4) is 0 Å². The highest BCUT2D eigenvalue weighted by Crippen LogP contribution is 2.34. The first-order valence-electron chi connectivity index (χ1n) is 11.1. The molecule has 0 unspecified atom stereocenters. The van der Waals surface area contributed by atoms with E-state index in [1.165, 1.54) is 16.2 Å². The number of carbonyl (C=O) groups is 1. The van der Waals surface area contributed by atoms with Gasteiger partial charge in [0.05, 0.1) is 6.54 Å². The Bertz CT molecular complexity index is 1260. The highest BCUT2D eigenvalue weighted by molar-refractivity contribution is 7.98. The van der Waals surface area contributed by atoms with Crippen molar-refractivity contribution in [1.82, 2.24) is 19.9 Å². The fraction of sp³-hybridized carbons (Fsp3) is 0.320. The van der Waals surface area contributed by atoms with Gasteiger partial charge < -0.3 is 15.5 Å². The Hall–Kier alpha value is -3.04. The molecule has 0 aliphatic carbocycles. The first-order chi connectivity index (χ1) is 16.2. The van der Waals surface area contributed by atoms with Gasteiger partial charge in [-0.3, -0.25) is 4.79 Å². The minimum Gasteiger partial charge on any atom is -0.364 e. The van der Waals surface area contributed by atoms with Crippen LogP contribution in [0.1, 0.15) is 26.3 Å². The largest absolute Gasteiger partial charge is 0.364 e. The Morgan fingerprint density at radius 3 is 2.47 bits per heavy atom. The maximum atomic E-state index is 12.6. The summed E-state index contributed by atoms with van der Waals surface area (Å²) in [6, 6.07) is 18.3. The van der Waals surface area contributed by atoms with Crippen molar-refractivity contribution >= 4 is 44.9 Å². The first kappa shape index (κ1) is 24.1. The van der Waals surface area contributed by atoms with E-state index in [0.717, 1.165) is 32.7 Å². The Balaban J connectivity index is 1.49. The van der Waals surface area contributed by atoms with Gasteiger partial charge in [-0.1, -0.05) is 53.8 Å². The van der Waals surface area contributed by atoms with Crippen molar-refractivity contribution in [2.75, 3.05) is 30.1 Å². The minimum absolute atomic E-state index is 0.0534. The number of aromatic nitrogens is 3. The molecule has 4 aromatic rings. The zero-order valence-electron chi connectivity index (χ0n) is 20.1. The maximum Gasteiger partial charge on any atom is 0.239 e. The second-order valence-electron chi connectivity index (χ2n) is 9.11. The molecular formula is C25H30N6OS2. The molecule has 2 aromatic heterocycles. The van der Waals surface area contributed by atoms with Gasteiger partial charge in [-0.15, -0.1) is 16.9 Å². The van der Waals surface area contributed by atoms with Gasteiger partial charge in [0.15, 0.2) is 5.82 Å². The van der Waals surface area contributed by atoms with Gasteiger partial charge in [-0.25, -0.2) is 4.98 Å². The number of fused-ring (bicyclic) bond motifs is 1. The Morgan fingerprint density at radius 2 is 1.82 bits per heavy atom. The Morgan fingerprint density at radius 1 is 1.12 bits per heavy atom. The summed E-state index contributed by atoms with van der Waals surface area (Å²) >= 11 is 3.17. The number of likely N-dealkylation sites (N-methyl/N-ethyl adjacent to an activating group) is 1. The average Bonchev–Trinajstić information content (AvgIpc) is 3.37. The van der Waals surface area contributed by atoms with Crippen LogP contribution in [0, 0.1) is 0 Å². The van der Waals surface area contributed by atoms with E-state index in [1.807, 2.05) is 65.2 Å². The van der Waals surface area contributed by atoms with Crippen LogP contribution >= 0.6 is 23.1 Å².